The van der Waals surface area contributed by atoms with Crippen LogP contribution in [0, 0.1) is 5.82 Å². The van der Waals surface area contributed by atoms with Gasteiger partial charge in [-0.2, -0.15) is 16.5 Å². The third-order valence-electron chi connectivity index (χ3n) is 6.62. The molecular formula is C26H21FN6O2S. The van der Waals surface area contributed by atoms with Gasteiger partial charge in [-0.05, 0) is 47.7 Å². The molecule has 180 valence electrons. The lowest BCUT2D eigenvalue weighted by Crippen LogP contribution is -2.40. The molecule has 36 heavy (non-hydrogen) atoms. The van der Waals surface area contributed by atoms with Gasteiger partial charge in [0.1, 0.15) is 11.9 Å². The van der Waals surface area contributed by atoms with E-state index in [2.05, 4.69) is 20.4 Å². The summed E-state index contributed by atoms with van der Waals surface area (Å²) in [6.07, 6.45) is 0.392. The van der Waals surface area contributed by atoms with Crippen molar-refractivity contribution in [3.05, 3.63) is 93.2 Å². The highest BCUT2D eigenvalue weighted by atomic mass is 32.1. The molecule has 0 N–H and O–H groups in total. The quantitative estimate of drug-likeness (QED) is 0.382. The van der Waals surface area contributed by atoms with Crippen LogP contribution in [0.4, 0.5) is 4.39 Å². The zero-order valence-electron chi connectivity index (χ0n) is 19.3. The number of rotatable bonds is 4. The maximum absolute atomic E-state index is 14.9. The van der Waals surface area contributed by atoms with E-state index in [4.69, 9.17) is 0 Å². The topological polar surface area (TPSA) is 92.8 Å². The molecule has 2 atom stereocenters. The van der Waals surface area contributed by atoms with Gasteiger partial charge < -0.3 is 9.47 Å². The highest BCUT2D eigenvalue weighted by Crippen LogP contribution is 2.32. The molecule has 2 unspecified atom stereocenters. The fourth-order valence-corrected chi connectivity index (χ4v) is 5.54. The summed E-state index contributed by atoms with van der Waals surface area (Å²) in [5, 5.41) is 20.6. The molecule has 0 aliphatic carbocycles. The molecule has 4 aromatic rings. The van der Waals surface area contributed by atoms with Crippen LogP contribution in [0.3, 0.4) is 0 Å². The summed E-state index contributed by atoms with van der Waals surface area (Å²) < 4.78 is 16.9. The van der Waals surface area contributed by atoms with Crippen LogP contribution in [0.15, 0.2) is 69.5 Å². The van der Waals surface area contributed by atoms with E-state index in [1.165, 1.54) is 6.07 Å². The standard InChI is InChI=1S/C26H21FN6O2S/c1-15-12-32(13-23-29-30-24(33(15)23)17-8-9-36-14-17)26(35)20-10-16(6-7-21(20)27)11-22-18-4-2-3-5-19(18)25(34)31-28-22/h2-10,14-15,22H,11-13H2,1H3. The monoisotopic (exact) mass is 500 g/mol. The third-order valence-corrected chi connectivity index (χ3v) is 7.30. The van der Waals surface area contributed by atoms with Crippen molar-refractivity contribution in [2.75, 3.05) is 6.54 Å². The van der Waals surface area contributed by atoms with Crippen LogP contribution in [0.5, 0.6) is 0 Å². The van der Waals surface area contributed by atoms with Crippen LogP contribution in [-0.2, 0) is 13.0 Å². The van der Waals surface area contributed by atoms with E-state index < -0.39 is 11.7 Å². The van der Waals surface area contributed by atoms with Crippen LogP contribution in [0.25, 0.3) is 11.4 Å². The molecular weight excluding hydrogens is 479 g/mol. The normalized spacial score (nSPS) is 18.7. The van der Waals surface area contributed by atoms with Gasteiger partial charge in [-0.1, -0.05) is 24.3 Å². The van der Waals surface area contributed by atoms with E-state index in [0.29, 0.717) is 24.4 Å². The summed E-state index contributed by atoms with van der Waals surface area (Å²) in [7, 11) is 0. The molecule has 4 heterocycles. The molecule has 0 spiro atoms. The van der Waals surface area contributed by atoms with Gasteiger partial charge in [-0.3, -0.25) is 9.59 Å². The van der Waals surface area contributed by atoms with Crippen molar-refractivity contribution in [2.45, 2.75) is 32.0 Å². The number of hydrogen-bond acceptors (Lipinski definition) is 6. The molecule has 0 saturated carbocycles. The largest absolute Gasteiger partial charge is 0.329 e. The number of fused-ring (bicyclic) bond motifs is 2. The summed E-state index contributed by atoms with van der Waals surface area (Å²) in [6.45, 7) is 2.66. The minimum Gasteiger partial charge on any atom is -0.329 e. The Balaban J connectivity index is 1.25. The molecule has 2 aliphatic rings. The fraction of sp³-hybridized carbons (Fsp3) is 0.231. The SMILES string of the molecule is CC1CN(C(=O)c2cc(CC3N=NC(=O)c4ccccc43)ccc2F)Cc2nnc(-c3ccsc3)n21. The van der Waals surface area contributed by atoms with Crippen LogP contribution in [0.2, 0.25) is 0 Å². The minimum absolute atomic E-state index is 0.00262. The highest BCUT2D eigenvalue weighted by molar-refractivity contribution is 7.08. The van der Waals surface area contributed by atoms with Gasteiger partial charge in [0.2, 0.25) is 0 Å². The molecule has 8 nitrogen and oxygen atoms in total. The molecule has 0 fully saturated rings. The number of nitrogens with zero attached hydrogens (tertiary/aromatic N) is 6. The van der Waals surface area contributed by atoms with Crippen molar-refractivity contribution >= 4 is 23.2 Å². The molecule has 10 heteroatoms. The second kappa shape index (κ2) is 8.87. The second-order valence-corrected chi connectivity index (χ2v) is 9.78. The fourth-order valence-electron chi connectivity index (χ4n) is 4.90. The number of aromatic nitrogens is 3. The number of halogens is 1. The Morgan fingerprint density at radius 2 is 2.03 bits per heavy atom. The Hall–Kier alpha value is -4.05. The van der Waals surface area contributed by atoms with Crippen LogP contribution < -0.4 is 0 Å². The first-order chi connectivity index (χ1) is 17.5. The Morgan fingerprint density at radius 3 is 2.86 bits per heavy atom. The van der Waals surface area contributed by atoms with E-state index in [9.17, 15) is 14.0 Å². The van der Waals surface area contributed by atoms with Crippen LogP contribution in [0.1, 0.15) is 56.7 Å². The van der Waals surface area contributed by atoms with Gasteiger partial charge >= 0.3 is 0 Å². The lowest BCUT2D eigenvalue weighted by molar-refractivity contribution is 0.0677. The Bertz CT molecular complexity index is 1510. The van der Waals surface area contributed by atoms with Gasteiger partial charge in [0, 0.05) is 29.5 Å². The molecule has 2 amide bonds. The smallest absolute Gasteiger partial charge is 0.295 e. The van der Waals surface area contributed by atoms with Crippen LogP contribution in [-0.4, -0.2) is 38.0 Å². The average molecular weight is 501 g/mol. The Morgan fingerprint density at radius 1 is 1.17 bits per heavy atom. The minimum atomic E-state index is -0.580. The number of thiophene rings is 1. The first kappa shape index (κ1) is 22.4. The van der Waals surface area contributed by atoms with Crippen molar-refractivity contribution in [2.24, 2.45) is 10.2 Å². The Labute approximate surface area is 210 Å². The first-order valence-corrected chi connectivity index (χ1v) is 12.5. The van der Waals surface area contributed by atoms with Gasteiger partial charge in [-0.15, -0.1) is 15.3 Å². The molecule has 2 aliphatic heterocycles. The molecule has 0 saturated heterocycles. The maximum Gasteiger partial charge on any atom is 0.295 e. The van der Waals surface area contributed by atoms with Gasteiger partial charge in [0.25, 0.3) is 11.8 Å². The number of amides is 2. The van der Waals surface area contributed by atoms with E-state index in [-0.39, 0.29) is 30.1 Å². The summed E-state index contributed by atoms with van der Waals surface area (Å²) in [5.74, 6) is 0.103. The summed E-state index contributed by atoms with van der Waals surface area (Å²) in [5.41, 5.74) is 3.03. The summed E-state index contributed by atoms with van der Waals surface area (Å²) in [4.78, 5) is 27.1. The lowest BCUT2D eigenvalue weighted by atomic mass is 9.93. The zero-order chi connectivity index (χ0) is 24.8. The number of benzene rings is 2. The van der Waals surface area contributed by atoms with Gasteiger partial charge in [0.15, 0.2) is 11.6 Å². The number of hydrogen-bond donors (Lipinski definition) is 0. The van der Waals surface area contributed by atoms with Crippen molar-refractivity contribution in [3.63, 3.8) is 0 Å². The first-order valence-electron chi connectivity index (χ1n) is 11.6. The molecule has 2 aromatic carbocycles. The van der Waals surface area contributed by atoms with Crippen molar-refractivity contribution in [1.29, 1.82) is 0 Å². The predicted octanol–water partition coefficient (Wildman–Crippen LogP) is 5.25. The summed E-state index contributed by atoms with van der Waals surface area (Å²) >= 11 is 1.59. The summed E-state index contributed by atoms with van der Waals surface area (Å²) in [6, 6.07) is 13.3. The van der Waals surface area contributed by atoms with Crippen molar-refractivity contribution < 1.29 is 14.0 Å². The van der Waals surface area contributed by atoms with E-state index in [0.717, 1.165) is 22.5 Å². The number of carbonyl (C=O) groups is 2. The van der Waals surface area contributed by atoms with Gasteiger partial charge in [0.05, 0.1) is 18.2 Å². The number of carbonyl (C=O) groups excluding carboxylic acids is 2. The third kappa shape index (κ3) is 3.83. The molecule has 0 bridgehead atoms. The van der Waals surface area contributed by atoms with E-state index in [1.807, 2.05) is 40.5 Å². The number of azo groups is 1. The van der Waals surface area contributed by atoms with Crippen LogP contribution >= 0.6 is 11.3 Å². The van der Waals surface area contributed by atoms with Crippen molar-refractivity contribution in [1.82, 2.24) is 19.7 Å². The second-order valence-electron chi connectivity index (χ2n) is 9.00. The van der Waals surface area contributed by atoms with Crippen molar-refractivity contribution in [3.8, 4) is 11.4 Å². The zero-order valence-corrected chi connectivity index (χ0v) is 20.2. The molecule has 2 aromatic heterocycles. The molecule has 0 radical (unpaired) electrons. The van der Waals surface area contributed by atoms with E-state index >= 15 is 0 Å². The van der Waals surface area contributed by atoms with E-state index in [1.54, 1.807) is 40.5 Å². The van der Waals surface area contributed by atoms with Gasteiger partial charge in [-0.25, -0.2) is 4.39 Å². The molecule has 6 rings (SSSR count). The average Bonchev–Trinajstić information content (AvgIpc) is 3.57. The highest BCUT2D eigenvalue weighted by Gasteiger charge is 2.31. The lowest BCUT2D eigenvalue weighted by Gasteiger charge is -2.32. The maximum atomic E-state index is 14.9. The Kier molecular flexibility index (Phi) is 5.52. The predicted molar refractivity (Wildman–Crippen MR) is 131 cm³/mol.